The van der Waals surface area contributed by atoms with E-state index in [9.17, 15) is 0 Å². The van der Waals surface area contributed by atoms with Crippen molar-refractivity contribution in [3.63, 3.8) is 0 Å². The van der Waals surface area contributed by atoms with Crippen molar-refractivity contribution >= 4 is 168 Å². The first-order valence-electron chi connectivity index (χ1n) is 19.0. The molecule has 9 rings (SSSR count). The fraction of sp³-hybridized carbons (Fsp3) is 0. The van der Waals surface area contributed by atoms with Crippen LogP contribution in [0.4, 0.5) is 0 Å². The molecule has 252 valence electrons. The molecule has 60 heavy (non-hydrogen) atoms. The lowest BCUT2D eigenvalue weighted by Gasteiger charge is -2.25. The van der Waals surface area contributed by atoms with Gasteiger partial charge in [0.2, 0.25) is 0 Å². The van der Waals surface area contributed by atoms with Crippen molar-refractivity contribution < 1.29 is 4.42 Å². The number of furan rings is 1. The lowest BCUT2D eigenvalue weighted by molar-refractivity contribution is 0.675. The molecule has 12 heteroatoms. The van der Waals surface area contributed by atoms with E-state index in [-0.39, 0.29) is 82.4 Å². The Morgan fingerprint density at radius 2 is 0.567 bits per heavy atom. The maximum atomic E-state index is 7.14. The highest BCUT2D eigenvalue weighted by Crippen LogP contribution is 2.39. The maximum absolute atomic E-state index is 7.14. The molecule has 0 aliphatic heterocycles. The molecular weight excluding hydrogens is 711 g/mol. The standard InChI is InChI=1S/C48H21B11O/c49-36-33(34-38(51)41(54)44(57)42(55)39(34)52)40(53)45(58)48-35(36)32-31(37(50)43(56)46(59)47(32)60-48)30-20-28(25-16-14-24(15-17-25)22-8-3-1-4-9-22)19-29(21-30)27-13-7-12-26(18-27)23-10-5-2-6-11-23/h1-21H. The molecule has 0 spiro atoms. The molecular formula is C48H21B11O. The molecule has 0 unspecified atom stereocenters. The molecule has 0 saturated heterocycles. The van der Waals surface area contributed by atoms with Crippen LogP contribution in [-0.4, -0.2) is 86.3 Å². The third-order valence-electron chi connectivity index (χ3n) is 11.4. The first-order chi connectivity index (χ1) is 28.8. The van der Waals surface area contributed by atoms with Gasteiger partial charge in [-0.15, -0.1) is 21.9 Å². The maximum Gasteiger partial charge on any atom is 0.128 e. The monoisotopic (exact) mass is 734 g/mol. The van der Waals surface area contributed by atoms with Crippen LogP contribution in [0.3, 0.4) is 0 Å². The van der Waals surface area contributed by atoms with Gasteiger partial charge in [-0.1, -0.05) is 141 Å². The molecule has 22 radical (unpaired) electrons. The van der Waals surface area contributed by atoms with Crippen molar-refractivity contribution in [1.29, 1.82) is 0 Å². The Hall–Kier alpha value is -5.73. The van der Waals surface area contributed by atoms with Gasteiger partial charge >= 0.3 is 0 Å². The highest BCUT2D eigenvalue weighted by atomic mass is 16.3. The van der Waals surface area contributed by atoms with Crippen molar-refractivity contribution in [3.05, 3.63) is 127 Å². The summed E-state index contributed by atoms with van der Waals surface area (Å²) in [6.45, 7) is 0. The van der Waals surface area contributed by atoms with E-state index in [2.05, 4.69) is 84.9 Å². The zero-order chi connectivity index (χ0) is 42.1. The van der Waals surface area contributed by atoms with Gasteiger partial charge in [0.1, 0.15) is 97.5 Å². The van der Waals surface area contributed by atoms with Crippen LogP contribution >= 0.6 is 0 Å². The summed E-state index contributed by atoms with van der Waals surface area (Å²) in [4.78, 5) is 0. The van der Waals surface area contributed by atoms with Crippen LogP contribution in [0.15, 0.2) is 132 Å². The quantitative estimate of drug-likeness (QED) is 0.225. The fourth-order valence-electron chi connectivity index (χ4n) is 8.16. The number of rotatable bonds is 6. The Morgan fingerprint density at radius 3 is 1.15 bits per heavy atom. The van der Waals surface area contributed by atoms with Gasteiger partial charge in [-0.05, 0) is 91.0 Å². The van der Waals surface area contributed by atoms with Crippen molar-refractivity contribution in [2.75, 3.05) is 0 Å². The fourth-order valence-corrected chi connectivity index (χ4v) is 8.16. The number of hydrogen-bond acceptors (Lipinski definition) is 1. The normalized spacial score (nSPS) is 11.4. The van der Waals surface area contributed by atoms with Gasteiger partial charge in [-0.25, -0.2) is 0 Å². The van der Waals surface area contributed by atoms with Gasteiger partial charge in [0.15, 0.2) is 0 Å². The van der Waals surface area contributed by atoms with E-state index in [1.807, 2.05) is 42.5 Å². The van der Waals surface area contributed by atoms with Crippen molar-refractivity contribution in [2.45, 2.75) is 0 Å². The van der Waals surface area contributed by atoms with Crippen molar-refractivity contribution in [1.82, 2.24) is 0 Å². The van der Waals surface area contributed by atoms with Gasteiger partial charge in [-0.2, -0.15) is 0 Å². The van der Waals surface area contributed by atoms with Gasteiger partial charge in [0, 0.05) is 10.8 Å². The zero-order valence-corrected chi connectivity index (χ0v) is 32.4. The molecule has 8 aromatic carbocycles. The van der Waals surface area contributed by atoms with E-state index in [0.29, 0.717) is 21.9 Å². The summed E-state index contributed by atoms with van der Waals surface area (Å²) in [6.07, 6.45) is 0. The third kappa shape index (κ3) is 6.42. The van der Waals surface area contributed by atoms with Crippen LogP contribution in [-0.2, 0) is 0 Å². The Morgan fingerprint density at radius 1 is 0.233 bits per heavy atom. The summed E-state index contributed by atoms with van der Waals surface area (Å²) in [6, 6.07) is 43.4. The van der Waals surface area contributed by atoms with Gasteiger partial charge < -0.3 is 4.42 Å². The summed E-state index contributed by atoms with van der Waals surface area (Å²) in [5.74, 6) is 0. The van der Waals surface area contributed by atoms with Crippen LogP contribution in [0.25, 0.3) is 88.7 Å². The second-order valence-electron chi connectivity index (χ2n) is 14.9. The SMILES string of the molecule is [B]c1c([B])c([B])c(-c2c([B])c([B])c3oc4c([B])c([B])c([B])c(-c5cc(-c6ccc(-c7ccccc7)cc6)cc(-c6cccc(-c7ccccc7)c6)c5)c4c3c2[B])c([B])c1[B]. The zero-order valence-electron chi connectivity index (χ0n) is 32.4. The van der Waals surface area contributed by atoms with Crippen LogP contribution < -0.4 is 60.1 Å². The lowest BCUT2D eigenvalue weighted by Crippen LogP contribution is -2.56. The first-order valence-corrected chi connectivity index (χ1v) is 19.0. The van der Waals surface area contributed by atoms with E-state index in [1.54, 1.807) is 0 Å². The highest BCUT2D eigenvalue weighted by molar-refractivity contribution is 6.71. The molecule has 0 amide bonds. The minimum Gasteiger partial charge on any atom is -0.457 e. The summed E-state index contributed by atoms with van der Waals surface area (Å²) in [5.41, 5.74) is 10.8. The Labute approximate surface area is 365 Å². The topological polar surface area (TPSA) is 13.1 Å². The largest absolute Gasteiger partial charge is 0.457 e. The van der Waals surface area contributed by atoms with Gasteiger partial charge in [0.25, 0.3) is 0 Å². The molecule has 0 fully saturated rings. The number of benzene rings is 8. The lowest BCUT2D eigenvalue weighted by atomic mass is 9.57. The van der Waals surface area contributed by atoms with Gasteiger partial charge in [-0.3, -0.25) is 0 Å². The molecule has 0 bridgehead atoms. The number of fused-ring (bicyclic) bond motifs is 3. The molecule has 0 aliphatic rings. The summed E-state index contributed by atoms with van der Waals surface area (Å²) in [7, 11) is 73.0. The predicted molar refractivity (Wildman–Crippen MR) is 266 cm³/mol. The first kappa shape index (κ1) is 39.7. The molecule has 1 heterocycles. The molecule has 0 N–H and O–H groups in total. The summed E-state index contributed by atoms with van der Waals surface area (Å²) < 4.78 is 6.46. The van der Waals surface area contributed by atoms with Crippen LogP contribution in [0, 0.1) is 0 Å². The summed E-state index contributed by atoms with van der Waals surface area (Å²) in [5, 5.41) is 0.812. The van der Waals surface area contributed by atoms with Crippen LogP contribution in [0.1, 0.15) is 0 Å². The van der Waals surface area contributed by atoms with E-state index < -0.39 is 0 Å². The van der Waals surface area contributed by atoms with Crippen LogP contribution in [0.5, 0.6) is 0 Å². The average molecular weight is 733 g/mol. The Balaban J connectivity index is 1.36. The van der Waals surface area contributed by atoms with E-state index >= 15 is 0 Å². The summed E-state index contributed by atoms with van der Waals surface area (Å²) >= 11 is 0. The van der Waals surface area contributed by atoms with E-state index in [1.165, 1.54) is 0 Å². The average Bonchev–Trinajstić information content (AvgIpc) is 3.69. The number of hydrogen-bond donors (Lipinski definition) is 0. The molecule has 0 aliphatic carbocycles. The molecule has 1 aromatic heterocycles. The smallest absolute Gasteiger partial charge is 0.128 e. The van der Waals surface area contributed by atoms with E-state index in [4.69, 9.17) is 90.7 Å². The van der Waals surface area contributed by atoms with Crippen LogP contribution in [0.2, 0.25) is 0 Å². The predicted octanol–water partition coefficient (Wildman–Crippen LogP) is 0.320. The highest BCUT2D eigenvalue weighted by Gasteiger charge is 2.26. The second-order valence-corrected chi connectivity index (χ2v) is 14.9. The molecule has 0 saturated carbocycles. The Bertz CT molecular complexity index is 3170. The minimum absolute atomic E-state index is 0.0191. The van der Waals surface area contributed by atoms with Crippen molar-refractivity contribution in [3.8, 4) is 66.8 Å². The molecule has 0 atom stereocenters. The third-order valence-corrected chi connectivity index (χ3v) is 11.4. The van der Waals surface area contributed by atoms with Gasteiger partial charge in [0.05, 0.1) is 0 Å². The van der Waals surface area contributed by atoms with Crippen molar-refractivity contribution in [2.24, 2.45) is 0 Å². The Kier molecular flexibility index (Phi) is 10.2. The molecule has 9 aromatic rings. The molecule has 1 nitrogen and oxygen atoms in total. The second kappa shape index (κ2) is 15.4. The van der Waals surface area contributed by atoms with E-state index in [0.717, 1.165) is 44.5 Å². The minimum atomic E-state index is 0.0191.